The van der Waals surface area contributed by atoms with Crippen LogP contribution in [-0.2, 0) is 13.2 Å². The summed E-state index contributed by atoms with van der Waals surface area (Å²) in [5.74, 6) is 1.24. The Morgan fingerprint density at radius 2 is 2.80 bits per heavy atom. The normalized spacial score (nSPS) is 24.0. The molecule has 0 aromatic rings. The van der Waals surface area contributed by atoms with Gasteiger partial charge in [0.15, 0.2) is 0 Å². The van der Waals surface area contributed by atoms with E-state index in [1.54, 1.807) is 0 Å². The molecule has 1 heterocycles. The van der Waals surface area contributed by atoms with E-state index in [-0.39, 0.29) is 0 Å². The Kier molecular flexibility index (Phi) is 1.94. The van der Waals surface area contributed by atoms with Crippen LogP contribution in [0.5, 0.6) is 0 Å². The Labute approximate surface area is 44.1 Å². The average molecular weight is 150 g/mol. The van der Waals surface area contributed by atoms with Crippen LogP contribution in [0, 0.1) is 0 Å². The van der Waals surface area contributed by atoms with E-state index < -0.39 is 0 Å². The molecule has 0 saturated heterocycles. The van der Waals surface area contributed by atoms with Crippen LogP contribution in [0.3, 0.4) is 0 Å². The summed E-state index contributed by atoms with van der Waals surface area (Å²) in [5.41, 5.74) is 0. The second-order valence-electron chi connectivity index (χ2n) is 0.555. The molecular weight excluding hydrogens is 147 g/mol. The second-order valence-corrected chi connectivity index (χ2v) is 5.16. The molecule has 0 radical (unpaired) electrons. The first kappa shape index (κ1) is 4.24. The van der Waals surface area contributed by atoms with Crippen LogP contribution in [-0.4, -0.2) is 10.7 Å². The summed E-state index contributed by atoms with van der Waals surface area (Å²) in [6.45, 7) is 0. The van der Waals surface area contributed by atoms with E-state index in [4.69, 9.17) is 0 Å². The quantitative estimate of drug-likeness (QED) is 0.475. The van der Waals surface area contributed by atoms with E-state index in [1.807, 2.05) is 20.1 Å². The first-order valence-electron chi connectivity index (χ1n) is 1.19. The molecule has 0 fully saturated rings. The second kappa shape index (κ2) is 2.28. The zero-order valence-corrected chi connectivity index (χ0v) is 5.11. The van der Waals surface area contributed by atoms with Gasteiger partial charge in [0, 0.05) is 0 Å². The van der Waals surface area contributed by atoms with Gasteiger partial charge in [-0.25, -0.2) is 0 Å². The van der Waals surface area contributed by atoms with Gasteiger partial charge in [0.05, 0.1) is 0 Å². The Balaban J connectivity index is 2.32. The van der Waals surface area contributed by atoms with Crippen molar-refractivity contribution < 1.29 is 13.2 Å². The van der Waals surface area contributed by atoms with Gasteiger partial charge in [-0.15, -0.1) is 0 Å². The molecule has 0 spiro atoms. The molecule has 1 aliphatic rings. The number of hydrogen-bond donors (Lipinski definition) is 0. The van der Waals surface area contributed by atoms with Gasteiger partial charge in [0.1, 0.15) is 0 Å². The van der Waals surface area contributed by atoms with Crippen molar-refractivity contribution in [2.75, 3.05) is 5.75 Å². The summed E-state index contributed by atoms with van der Waals surface area (Å²) < 4.78 is 0. The number of hydrogen-bond acceptors (Lipinski definition) is 2. The monoisotopic (exact) mass is 150 g/mol. The first-order chi connectivity index (χ1) is 2.50. The SMILES string of the molecule is [CH]1=[Co][S]SC1. The summed E-state index contributed by atoms with van der Waals surface area (Å²) in [7, 11) is 3.83. The van der Waals surface area contributed by atoms with E-state index in [2.05, 4.69) is 4.96 Å². The molecule has 0 aliphatic carbocycles. The fourth-order valence-electron chi connectivity index (χ4n) is 0.113. The maximum absolute atomic E-state index is 2.26. The molecule has 0 aromatic carbocycles. The van der Waals surface area contributed by atoms with Crippen molar-refractivity contribution in [3.63, 3.8) is 0 Å². The molecule has 0 amide bonds. The molecule has 0 N–H and O–H groups in total. The Bertz CT molecular complexity index is 45.6. The topological polar surface area (TPSA) is 0 Å². The fourth-order valence-corrected chi connectivity index (χ4v) is 4.21. The molecule has 0 atom stereocenters. The summed E-state index contributed by atoms with van der Waals surface area (Å²) in [5, 5.41) is 0. The average Bonchev–Trinajstić information content (AvgIpc) is 1.76. The van der Waals surface area contributed by atoms with Gasteiger partial charge < -0.3 is 0 Å². The van der Waals surface area contributed by atoms with Gasteiger partial charge >= 0.3 is 43.9 Å². The van der Waals surface area contributed by atoms with Gasteiger partial charge in [-0.1, -0.05) is 0 Å². The summed E-state index contributed by atoms with van der Waals surface area (Å²) in [6.07, 6.45) is 0. The van der Waals surface area contributed by atoms with E-state index in [1.165, 1.54) is 18.9 Å². The third-order valence-electron chi connectivity index (χ3n) is 0.251. The fraction of sp³-hybridized carbons (Fsp3) is 0.500. The van der Waals surface area contributed by atoms with E-state index >= 15 is 0 Å². The van der Waals surface area contributed by atoms with Crippen LogP contribution in [0.1, 0.15) is 0 Å². The molecule has 0 aromatic heterocycles. The molecule has 32 valence electrons. The van der Waals surface area contributed by atoms with Crippen molar-refractivity contribution in [3.8, 4) is 0 Å². The zero-order chi connectivity index (χ0) is 3.54. The van der Waals surface area contributed by atoms with Gasteiger partial charge in [-0.05, 0) is 0 Å². The molecule has 1 aliphatic heterocycles. The summed E-state index contributed by atoms with van der Waals surface area (Å²) in [4.78, 5) is 2.26. The van der Waals surface area contributed by atoms with Crippen molar-refractivity contribution in [2.45, 2.75) is 0 Å². The van der Waals surface area contributed by atoms with Crippen molar-refractivity contribution in [1.82, 2.24) is 0 Å². The molecule has 0 saturated carbocycles. The molecule has 0 nitrogen and oxygen atoms in total. The molecule has 3 heteroatoms. The molecule has 0 unspecified atom stereocenters. The third-order valence-corrected chi connectivity index (χ3v) is 4.63. The Hall–Kier alpha value is 1.08. The van der Waals surface area contributed by atoms with E-state index in [0.29, 0.717) is 0 Å². The maximum atomic E-state index is 2.26. The molecule has 5 heavy (non-hydrogen) atoms. The standard InChI is InChI=1S/C2H4S2.Co/c1-2-4-3;/h1,3H,2H2;/q;+1/p-1. The van der Waals surface area contributed by atoms with Crippen molar-refractivity contribution >= 4 is 25.0 Å². The van der Waals surface area contributed by atoms with Gasteiger partial charge in [0.2, 0.25) is 0 Å². The van der Waals surface area contributed by atoms with E-state index in [9.17, 15) is 0 Å². The van der Waals surface area contributed by atoms with Crippen LogP contribution in [0.15, 0.2) is 0 Å². The minimum absolute atomic E-state index is 1.24. The predicted octanol–water partition coefficient (Wildman–Crippen LogP) is 1.18. The number of rotatable bonds is 0. The zero-order valence-electron chi connectivity index (χ0n) is 2.43. The van der Waals surface area contributed by atoms with Crippen LogP contribution >= 0.6 is 20.1 Å². The third kappa shape index (κ3) is 1.30. The minimum atomic E-state index is 1.24. The van der Waals surface area contributed by atoms with Crippen LogP contribution in [0.4, 0.5) is 0 Å². The van der Waals surface area contributed by atoms with Crippen LogP contribution in [0.25, 0.3) is 0 Å². The van der Waals surface area contributed by atoms with Crippen LogP contribution < -0.4 is 0 Å². The molecule has 1 rings (SSSR count). The Morgan fingerprint density at radius 3 is 3.00 bits per heavy atom. The van der Waals surface area contributed by atoms with Gasteiger partial charge in [-0.3, -0.25) is 0 Å². The summed E-state index contributed by atoms with van der Waals surface area (Å²) in [6, 6.07) is 0. The van der Waals surface area contributed by atoms with E-state index in [0.717, 1.165) is 0 Å². The Morgan fingerprint density at radius 1 is 1.80 bits per heavy atom. The predicted molar refractivity (Wildman–Crippen MR) is 26.1 cm³/mol. The summed E-state index contributed by atoms with van der Waals surface area (Å²) >= 11 is 1.47. The van der Waals surface area contributed by atoms with Gasteiger partial charge in [-0.2, -0.15) is 0 Å². The molecular formula is C2H3CoS2. The van der Waals surface area contributed by atoms with Gasteiger partial charge in [0.25, 0.3) is 0 Å². The van der Waals surface area contributed by atoms with Crippen molar-refractivity contribution in [2.24, 2.45) is 0 Å². The van der Waals surface area contributed by atoms with Crippen molar-refractivity contribution in [3.05, 3.63) is 0 Å². The van der Waals surface area contributed by atoms with Crippen LogP contribution in [0.2, 0.25) is 0 Å². The van der Waals surface area contributed by atoms with Crippen molar-refractivity contribution in [1.29, 1.82) is 0 Å². The first-order valence-corrected chi connectivity index (χ1v) is 5.25. The molecule has 0 bridgehead atoms.